The predicted octanol–water partition coefficient (Wildman–Crippen LogP) is 3.04. The number of nitrogens with zero attached hydrogens (tertiary/aromatic N) is 4. The molecule has 0 spiro atoms. The molecule has 2 aromatic rings. The van der Waals surface area contributed by atoms with Crippen LogP contribution in [0.4, 0.5) is 16.0 Å². The predicted molar refractivity (Wildman–Crippen MR) is 81.1 cm³/mol. The molecular weight excluding hydrogens is 311 g/mol. The Kier molecular flexibility index (Phi) is 4.97. The number of esters is 1. The average Bonchev–Trinajstić information content (AvgIpc) is 2.94. The second kappa shape index (κ2) is 6.74. The van der Waals surface area contributed by atoms with Crippen molar-refractivity contribution in [3.05, 3.63) is 34.9 Å². The van der Waals surface area contributed by atoms with Gasteiger partial charge in [0.05, 0.1) is 17.8 Å². The molecule has 22 heavy (non-hydrogen) atoms. The number of hydrogen-bond acceptors (Lipinski definition) is 5. The maximum Gasteiger partial charge on any atom is 0.358 e. The molecule has 0 saturated carbocycles. The second-order valence-electron chi connectivity index (χ2n) is 4.44. The molecule has 0 radical (unpaired) electrons. The molecule has 2 aromatic heterocycles. The quantitative estimate of drug-likeness (QED) is 0.790. The Bertz CT molecular complexity index is 689. The van der Waals surface area contributed by atoms with Crippen LogP contribution in [0.15, 0.2) is 18.3 Å². The van der Waals surface area contributed by atoms with E-state index in [1.54, 1.807) is 29.6 Å². The molecule has 0 atom stereocenters. The van der Waals surface area contributed by atoms with Crippen LogP contribution in [0.5, 0.6) is 0 Å². The first-order chi connectivity index (χ1) is 10.5. The minimum atomic E-state index is -0.588. The van der Waals surface area contributed by atoms with Crippen molar-refractivity contribution in [1.29, 1.82) is 0 Å². The van der Waals surface area contributed by atoms with Crippen molar-refractivity contribution in [2.75, 3.05) is 18.6 Å². The zero-order chi connectivity index (χ0) is 16.3. The van der Waals surface area contributed by atoms with E-state index in [4.69, 9.17) is 16.3 Å². The largest absolute Gasteiger partial charge is 0.461 e. The molecule has 0 saturated heterocycles. The van der Waals surface area contributed by atoms with Crippen LogP contribution in [0.2, 0.25) is 5.02 Å². The third kappa shape index (κ3) is 3.19. The van der Waals surface area contributed by atoms with Crippen LogP contribution in [-0.4, -0.2) is 34.4 Å². The molecule has 0 aliphatic rings. The van der Waals surface area contributed by atoms with E-state index >= 15 is 0 Å². The number of aromatic nitrogens is 3. The highest BCUT2D eigenvalue weighted by atomic mass is 35.5. The Morgan fingerprint density at radius 2 is 2.18 bits per heavy atom. The van der Waals surface area contributed by atoms with E-state index in [2.05, 4.69) is 10.1 Å². The monoisotopic (exact) mass is 326 g/mol. The molecule has 6 nitrogen and oxygen atoms in total. The van der Waals surface area contributed by atoms with Crippen molar-refractivity contribution in [2.24, 2.45) is 0 Å². The van der Waals surface area contributed by atoms with Crippen LogP contribution < -0.4 is 4.90 Å². The number of carbonyl (C=O) groups is 1. The van der Waals surface area contributed by atoms with Crippen molar-refractivity contribution < 1.29 is 13.9 Å². The Morgan fingerprint density at radius 1 is 1.45 bits per heavy atom. The van der Waals surface area contributed by atoms with Crippen molar-refractivity contribution in [1.82, 2.24) is 14.8 Å². The molecule has 0 N–H and O–H groups in total. The van der Waals surface area contributed by atoms with E-state index in [1.165, 1.54) is 6.07 Å². The molecule has 0 aromatic carbocycles. The molecule has 2 heterocycles. The lowest BCUT2D eigenvalue weighted by molar-refractivity contribution is 0.0518. The summed E-state index contributed by atoms with van der Waals surface area (Å²) in [6.07, 6.45) is 1.05. The summed E-state index contributed by atoms with van der Waals surface area (Å²) in [6.45, 7) is 4.45. The topological polar surface area (TPSA) is 60.2 Å². The number of aryl methyl sites for hydroxylation is 1. The van der Waals surface area contributed by atoms with Crippen LogP contribution in [0.25, 0.3) is 0 Å². The zero-order valence-electron chi connectivity index (χ0n) is 12.5. The van der Waals surface area contributed by atoms with E-state index in [1.807, 2.05) is 6.92 Å². The van der Waals surface area contributed by atoms with E-state index < -0.39 is 11.8 Å². The van der Waals surface area contributed by atoms with E-state index in [9.17, 15) is 9.18 Å². The highest BCUT2D eigenvalue weighted by Gasteiger charge is 2.19. The SMILES string of the molecule is CCOC(=O)c1cc(N(C)c2cc(Cl)c(F)cn2)n(CC)n1. The highest BCUT2D eigenvalue weighted by Crippen LogP contribution is 2.26. The summed E-state index contributed by atoms with van der Waals surface area (Å²) in [4.78, 5) is 17.4. The van der Waals surface area contributed by atoms with Gasteiger partial charge in [-0.25, -0.2) is 18.9 Å². The smallest absolute Gasteiger partial charge is 0.358 e. The van der Waals surface area contributed by atoms with Crippen LogP contribution in [-0.2, 0) is 11.3 Å². The van der Waals surface area contributed by atoms with Gasteiger partial charge >= 0.3 is 5.97 Å². The van der Waals surface area contributed by atoms with Gasteiger partial charge < -0.3 is 9.64 Å². The molecule has 0 fully saturated rings. The lowest BCUT2D eigenvalue weighted by Gasteiger charge is -2.18. The molecule has 0 aliphatic carbocycles. The first-order valence-corrected chi connectivity index (χ1v) is 7.15. The van der Waals surface area contributed by atoms with Crippen LogP contribution in [0, 0.1) is 5.82 Å². The van der Waals surface area contributed by atoms with Gasteiger partial charge in [0.2, 0.25) is 0 Å². The number of anilines is 2. The Morgan fingerprint density at radius 3 is 2.77 bits per heavy atom. The summed E-state index contributed by atoms with van der Waals surface area (Å²) < 4.78 is 19.8. The summed E-state index contributed by atoms with van der Waals surface area (Å²) >= 11 is 5.78. The molecule has 0 aliphatic heterocycles. The summed E-state index contributed by atoms with van der Waals surface area (Å²) in [5.74, 6) is -0.0124. The van der Waals surface area contributed by atoms with Gasteiger partial charge in [-0.2, -0.15) is 5.10 Å². The summed E-state index contributed by atoms with van der Waals surface area (Å²) in [5.41, 5.74) is 0.207. The maximum absolute atomic E-state index is 13.2. The fourth-order valence-electron chi connectivity index (χ4n) is 1.92. The standard InChI is InChI=1S/C14H16ClFN4O2/c1-4-20-13(7-11(18-20)14(21)22-5-2)19(3)12-6-9(15)10(16)8-17-12/h6-8H,4-5H2,1-3H3. The van der Waals surface area contributed by atoms with Gasteiger partial charge in [-0.1, -0.05) is 11.6 Å². The number of pyridine rings is 1. The summed E-state index contributed by atoms with van der Waals surface area (Å²) in [5, 5.41) is 4.18. The first-order valence-electron chi connectivity index (χ1n) is 6.77. The van der Waals surface area contributed by atoms with Crippen molar-refractivity contribution >= 4 is 29.2 Å². The lowest BCUT2D eigenvalue weighted by atomic mass is 10.4. The molecule has 8 heteroatoms. The van der Waals surface area contributed by atoms with Gasteiger partial charge in [-0.3, -0.25) is 0 Å². The second-order valence-corrected chi connectivity index (χ2v) is 4.85. The van der Waals surface area contributed by atoms with E-state index in [0.29, 0.717) is 18.2 Å². The van der Waals surface area contributed by atoms with Crippen molar-refractivity contribution in [3.63, 3.8) is 0 Å². The molecule has 0 bridgehead atoms. The molecule has 0 unspecified atom stereocenters. The third-order valence-electron chi connectivity index (χ3n) is 3.02. The Labute approximate surface area is 132 Å². The Hall–Kier alpha value is -2.15. The van der Waals surface area contributed by atoms with Gasteiger partial charge in [-0.05, 0) is 13.8 Å². The van der Waals surface area contributed by atoms with Crippen LogP contribution >= 0.6 is 11.6 Å². The summed E-state index contributed by atoms with van der Waals surface area (Å²) in [7, 11) is 1.73. The minimum Gasteiger partial charge on any atom is -0.461 e. The molecular formula is C14H16ClFN4O2. The zero-order valence-corrected chi connectivity index (χ0v) is 13.3. The van der Waals surface area contributed by atoms with Crippen molar-refractivity contribution in [3.8, 4) is 0 Å². The number of rotatable bonds is 5. The molecule has 2 rings (SSSR count). The van der Waals surface area contributed by atoms with E-state index in [-0.39, 0.29) is 17.3 Å². The Balaban J connectivity index is 2.37. The number of carbonyl (C=O) groups excluding carboxylic acids is 1. The first kappa shape index (κ1) is 16.2. The average molecular weight is 327 g/mol. The van der Waals surface area contributed by atoms with Crippen LogP contribution in [0.1, 0.15) is 24.3 Å². The molecule has 0 amide bonds. The summed E-state index contributed by atoms with van der Waals surface area (Å²) in [6, 6.07) is 3.01. The van der Waals surface area contributed by atoms with Gasteiger partial charge in [-0.15, -0.1) is 0 Å². The number of halogens is 2. The van der Waals surface area contributed by atoms with Gasteiger partial charge in [0, 0.05) is 25.7 Å². The van der Waals surface area contributed by atoms with Gasteiger partial charge in [0.15, 0.2) is 11.5 Å². The van der Waals surface area contributed by atoms with Crippen molar-refractivity contribution in [2.45, 2.75) is 20.4 Å². The third-order valence-corrected chi connectivity index (χ3v) is 3.31. The fourth-order valence-corrected chi connectivity index (χ4v) is 2.07. The van der Waals surface area contributed by atoms with Gasteiger partial charge in [0.1, 0.15) is 11.6 Å². The van der Waals surface area contributed by atoms with E-state index in [0.717, 1.165) is 6.20 Å². The number of ether oxygens (including phenoxy) is 1. The normalized spacial score (nSPS) is 10.6. The minimum absolute atomic E-state index is 0.0231. The highest BCUT2D eigenvalue weighted by molar-refractivity contribution is 6.30. The van der Waals surface area contributed by atoms with Crippen LogP contribution in [0.3, 0.4) is 0 Å². The number of hydrogen-bond donors (Lipinski definition) is 0. The van der Waals surface area contributed by atoms with Gasteiger partial charge in [0.25, 0.3) is 0 Å². The maximum atomic E-state index is 13.2. The molecule has 118 valence electrons. The fraction of sp³-hybridized carbons (Fsp3) is 0.357. The lowest BCUT2D eigenvalue weighted by Crippen LogP contribution is -2.16.